The van der Waals surface area contributed by atoms with E-state index in [0.29, 0.717) is 43.1 Å². The van der Waals surface area contributed by atoms with E-state index in [-0.39, 0.29) is 11.7 Å². The van der Waals surface area contributed by atoms with E-state index in [4.69, 9.17) is 16.3 Å². The van der Waals surface area contributed by atoms with Gasteiger partial charge in [0.15, 0.2) is 0 Å². The summed E-state index contributed by atoms with van der Waals surface area (Å²) in [6, 6.07) is 7.42. The van der Waals surface area contributed by atoms with E-state index in [1.165, 1.54) is 11.3 Å². The molecule has 140 valence electrons. The smallest absolute Gasteiger partial charge is 0.410 e. The van der Waals surface area contributed by atoms with Gasteiger partial charge >= 0.3 is 6.09 Å². The van der Waals surface area contributed by atoms with Gasteiger partial charge in [-0.05, 0) is 36.6 Å². The summed E-state index contributed by atoms with van der Waals surface area (Å²) in [6.45, 7) is 3.60. The standard InChI is InChI=1S/C19H18ClN3O3S/c1-2-26-19(25)22-8-7-14-15(10-22)27-17-16(14)18(24)23(11-21-17)9-12-3-5-13(20)6-4-12/h3-6,11H,2,7-10H2,1H3. The lowest BCUT2D eigenvalue weighted by molar-refractivity contribution is 0.103. The van der Waals surface area contributed by atoms with Crippen LogP contribution in [0.3, 0.4) is 0 Å². The van der Waals surface area contributed by atoms with Crippen molar-refractivity contribution in [3.63, 3.8) is 0 Å². The molecule has 0 saturated heterocycles. The largest absolute Gasteiger partial charge is 0.450 e. The third-order valence-corrected chi connectivity index (χ3v) is 6.00. The summed E-state index contributed by atoms with van der Waals surface area (Å²) >= 11 is 7.40. The highest BCUT2D eigenvalue weighted by Crippen LogP contribution is 2.32. The molecule has 0 bridgehead atoms. The van der Waals surface area contributed by atoms with E-state index in [1.807, 2.05) is 24.3 Å². The van der Waals surface area contributed by atoms with Gasteiger partial charge in [0.1, 0.15) is 4.83 Å². The number of benzene rings is 1. The van der Waals surface area contributed by atoms with Gasteiger partial charge in [0.05, 0.1) is 31.4 Å². The van der Waals surface area contributed by atoms with Gasteiger partial charge in [-0.3, -0.25) is 9.36 Å². The van der Waals surface area contributed by atoms with E-state index in [9.17, 15) is 9.59 Å². The Labute approximate surface area is 165 Å². The molecule has 2 aromatic heterocycles. The van der Waals surface area contributed by atoms with Crippen molar-refractivity contribution in [3.8, 4) is 0 Å². The zero-order valence-electron chi connectivity index (χ0n) is 14.8. The summed E-state index contributed by atoms with van der Waals surface area (Å²) in [5.41, 5.74) is 1.95. The van der Waals surface area contributed by atoms with Crippen molar-refractivity contribution in [2.45, 2.75) is 26.4 Å². The number of aromatic nitrogens is 2. The predicted octanol–water partition coefficient (Wildman–Crippen LogP) is 3.67. The highest BCUT2D eigenvalue weighted by Gasteiger charge is 2.27. The molecule has 3 aromatic rings. The van der Waals surface area contributed by atoms with Crippen molar-refractivity contribution in [2.75, 3.05) is 13.2 Å². The van der Waals surface area contributed by atoms with E-state index >= 15 is 0 Å². The van der Waals surface area contributed by atoms with E-state index < -0.39 is 0 Å². The molecule has 0 radical (unpaired) electrons. The fourth-order valence-corrected chi connectivity index (χ4v) is 4.61. The lowest BCUT2D eigenvalue weighted by Gasteiger charge is -2.25. The summed E-state index contributed by atoms with van der Waals surface area (Å²) in [7, 11) is 0. The van der Waals surface area contributed by atoms with E-state index in [2.05, 4.69) is 4.98 Å². The number of hydrogen-bond donors (Lipinski definition) is 0. The van der Waals surface area contributed by atoms with Crippen LogP contribution in [0.15, 0.2) is 35.4 Å². The lowest BCUT2D eigenvalue weighted by Crippen LogP contribution is -2.36. The highest BCUT2D eigenvalue weighted by molar-refractivity contribution is 7.18. The van der Waals surface area contributed by atoms with Gasteiger partial charge < -0.3 is 9.64 Å². The van der Waals surface area contributed by atoms with Crippen LogP contribution in [0.25, 0.3) is 10.2 Å². The van der Waals surface area contributed by atoms with Crippen molar-refractivity contribution < 1.29 is 9.53 Å². The normalized spacial score (nSPS) is 13.6. The van der Waals surface area contributed by atoms with Gasteiger partial charge in [-0.25, -0.2) is 9.78 Å². The summed E-state index contributed by atoms with van der Waals surface area (Å²) in [5.74, 6) is 0. The minimum atomic E-state index is -0.311. The van der Waals surface area contributed by atoms with Crippen LogP contribution in [0.4, 0.5) is 4.79 Å². The minimum absolute atomic E-state index is 0.0444. The Morgan fingerprint density at radius 1 is 1.33 bits per heavy atom. The molecule has 1 aliphatic heterocycles. The molecule has 27 heavy (non-hydrogen) atoms. The van der Waals surface area contributed by atoms with Crippen LogP contribution >= 0.6 is 22.9 Å². The zero-order chi connectivity index (χ0) is 19.0. The van der Waals surface area contributed by atoms with Crippen molar-refractivity contribution in [3.05, 3.63) is 62.0 Å². The van der Waals surface area contributed by atoms with Crippen LogP contribution in [-0.2, 0) is 24.2 Å². The second-order valence-corrected chi connectivity index (χ2v) is 7.88. The maximum absolute atomic E-state index is 13.0. The first kappa shape index (κ1) is 18.0. The number of thiophene rings is 1. The molecule has 0 spiro atoms. The monoisotopic (exact) mass is 403 g/mol. The number of halogens is 1. The van der Waals surface area contributed by atoms with Crippen LogP contribution in [-0.4, -0.2) is 33.7 Å². The molecular formula is C19H18ClN3O3S. The average molecular weight is 404 g/mol. The first-order valence-electron chi connectivity index (χ1n) is 8.72. The fraction of sp³-hybridized carbons (Fsp3) is 0.316. The summed E-state index contributed by atoms with van der Waals surface area (Å²) < 4.78 is 6.71. The zero-order valence-corrected chi connectivity index (χ0v) is 16.3. The minimum Gasteiger partial charge on any atom is -0.450 e. The molecular weight excluding hydrogens is 386 g/mol. The summed E-state index contributed by atoms with van der Waals surface area (Å²) in [5, 5.41) is 1.34. The van der Waals surface area contributed by atoms with Crippen molar-refractivity contribution >= 4 is 39.2 Å². The molecule has 0 atom stereocenters. The molecule has 3 heterocycles. The number of carbonyl (C=O) groups is 1. The molecule has 1 aromatic carbocycles. The highest BCUT2D eigenvalue weighted by atomic mass is 35.5. The fourth-order valence-electron chi connectivity index (χ4n) is 3.29. The molecule has 6 nitrogen and oxygen atoms in total. The Balaban J connectivity index is 1.67. The third kappa shape index (κ3) is 3.44. The van der Waals surface area contributed by atoms with E-state index in [0.717, 1.165) is 20.8 Å². The second kappa shape index (κ2) is 7.32. The second-order valence-electron chi connectivity index (χ2n) is 6.36. The third-order valence-electron chi connectivity index (χ3n) is 4.62. The molecule has 0 N–H and O–H groups in total. The Kier molecular flexibility index (Phi) is 4.88. The number of rotatable bonds is 3. The number of ether oxygens (including phenoxy) is 1. The van der Waals surface area contributed by atoms with Gasteiger partial charge in [-0.1, -0.05) is 23.7 Å². The van der Waals surface area contributed by atoms with Crippen LogP contribution in [0.5, 0.6) is 0 Å². The van der Waals surface area contributed by atoms with Crippen LogP contribution in [0, 0.1) is 0 Å². The number of fused-ring (bicyclic) bond motifs is 3. The van der Waals surface area contributed by atoms with Gasteiger partial charge in [0.25, 0.3) is 5.56 Å². The summed E-state index contributed by atoms with van der Waals surface area (Å²) in [6.07, 6.45) is 1.91. The molecule has 0 aliphatic carbocycles. The number of hydrogen-bond acceptors (Lipinski definition) is 5. The van der Waals surface area contributed by atoms with Gasteiger partial charge in [-0.15, -0.1) is 11.3 Å². The van der Waals surface area contributed by atoms with E-state index in [1.54, 1.807) is 22.7 Å². The first-order chi connectivity index (χ1) is 13.1. The quantitative estimate of drug-likeness (QED) is 0.669. The number of carbonyl (C=O) groups excluding carboxylic acids is 1. The van der Waals surface area contributed by atoms with Crippen LogP contribution < -0.4 is 5.56 Å². The first-order valence-corrected chi connectivity index (χ1v) is 9.92. The molecule has 8 heteroatoms. The van der Waals surface area contributed by atoms with Crippen molar-refractivity contribution in [1.82, 2.24) is 14.5 Å². The molecule has 0 unspecified atom stereocenters. The Hall–Kier alpha value is -2.38. The lowest BCUT2D eigenvalue weighted by atomic mass is 10.1. The van der Waals surface area contributed by atoms with Crippen LogP contribution in [0.2, 0.25) is 5.02 Å². The van der Waals surface area contributed by atoms with Crippen molar-refractivity contribution in [2.24, 2.45) is 0 Å². The maximum Gasteiger partial charge on any atom is 0.410 e. The maximum atomic E-state index is 13.0. The van der Waals surface area contributed by atoms with Crippen LogP contribution in [0.1, 0.15) is 22.9 Å². The van der Waals surface area contributed by atoms with Gasteiger partial charge in [0.2, 0.25) is 0 Å². The molecule has 1 amide bonds. The Morgan fingerprint density at radius 3 is 2.85 bits per heavy atom. The molecule has 0 fully saturated rings. The Morgan fingerprint density at radius 2 is 2.11 bits per heavy atom. The van der Waals surface area contributed by atoms with Gasteiger partial charge in [0, 0.05) is 16.4 Å². The number of amides is 1. The van der Waals surface area contributed by atoms with Crippen molar-refractivity contribution in [1.29, 1.82) is 0 Å². The molecule has 1 aliphatic rings. The Bertz CT molecular complexity index is 1060. The summed E-state index contributed by atoms with van der Waals surface area (Å²) in [4.78, 5) is 32.9. The molecule has 4 rings (SSSR count). The number of nitrogens with zero attached hydrogens (tertiary/aromatic N) is 3. The average Bonchev–Trinajstić information content (AvgIpc) is 3.04. The SMILES string of the molecule is CCOC(=O)N1CCc2c(sc3ncn(Cc4ccc(Cl)cc4)c(=O)c23)C1. The topological polar surface area (TPSA) is 64.4 Å². The van der Waals surface area contributed by atoms with Gasteiger partial charge in [-0.2, -0.15) is 0 Å². The predicted molar refractivity (Wildman–Crippen MR) is 106 cm³/mol. The molecule has 0 saturated carbocycles.